The Hall–Kier alpha value is -0.920. The predicted molar refractivity (Wildman–Crippen MR) is 138 cm³/mol. The molecule has 0 spiro atoms. The molecule has 196 valence electrons. The minimum Gasteiger partial charge on any atom is -0.387 e. The van der Waals surface area contributed by atoms with Gasteiger partial charge in [-0.3, -0.25) is 9.35 Å². The number of rotatable bonds is 23. The maximum atomic E-state index is 12.3. The zero-order valence-electron chi connectivity index (χ0n) is 21.3. The van der Waals surface area contributed by atoms with E-state index in [1.807, 2.05) is 6.08 Å². The Balaban J connectivity index is 4.18. The van der Waals surface area contributed by atoms with Crippen LogP contribution in [0.2, 0.25) is 0 Å². The summed E-state index contributed by atoms with van der Waals surface area (Å²) in [6.45, 7) is 4.40. The van der Waals surface area contributed by atoms with E-state index < -0.39 is 28.0 Å². The maximum absolute atomic E-state index is 12.3. The molecule has 2 unspecified atom stereocenters. The summed E-state index contributed by atoms with van der Waals surface area (Å²) < 4.78 is 31.9. The van der Waals surface area contributed by atoms with Crippen LogP contribution in [0.15, 0.2) is 12.2 Å². The largest absolute Gasteiger partial charge is 0.387 e. The first-order valence-corrected chi connectivity index (χ1v) is 15.0. The van der Waals surface area contributed by atoms with Crippen molar-refractivity contribution in [3.8, 4) is 0 Å². The smallest absolute Gasteiger partial charge is 0.267 e. The molecule has 0 fully saturated rings. The molecule has 0 aromatic heterocycles. The minimum atomic E-state index is -4.31. The fourth-order valence-electron chi connectivity index (χ4n) is 3.92. The molecule has 0 aromatic carbocycles. The summed E-state index contributed by atoms with van der Waals surface area (Å²) in [5.41, 5.74) is 0. The van der Waals surface area contributed by atoms with Gasteiger partial charge in [0.05, 0.1) is 17.9 Å². The lowest BCUT2D eigenvalue weighted by molar-refractivity contribution is -0.122. The molecule has 0 heterocycles. The number of aliphatic hydroxyl groups is 1. The Kier molecular flexibility index (Phi) is 21.0. The van der Waals surface area contributed by atoms with Gasteiger partial charge in [-0.05, 0) is 19.3 Å². The van der Waals surface area contributed by atoms with Gasteiger partial charge in [-0.1, -0.05) is 116 Å². The Morgan fingerprint density at radius 3 is 1.73 bits per heavy atom. The fraction of sp³-hybridized carbons (Fsp3) is 0.885. The average molecular weight is 490 g/mol. The molecule has 0 aliphatic rings. The van der Waals surface area contributed by atoms with E-state index in [0.717, 1.165) is 38.5 Å². The van der Waals surface area contributed by atoms with Crippen LogP contribution in [-0.2, 0) is 14.9 Å². The Morgan fingerprint density at radius 2 is 1.24 bits per heavy atom. The third kappa shape index (κ3) is 22.6. The van der Waals surface area contributed by atoms with E-state index in [4.69, 9.17) is 0 Å². The molecule has 0 saturated heterocycles. The van der Waals surface area contributed by atoms with Crippen LogP contribution in [0.5, 0.6) is 0 Å². The molecule has 7 heteroatoms. The molecule has 0 aliphatic heterocycles. The van der Waals surface area contributed by atoms with E-state index in [0.29, 0.717) is 6.42 Å². The Morgan fingerprint density at radius 1 is 0.788 bits per heavy atom. The molecule has 0 radical (unpaired) electrons. The zero-order valence-corrected chi connectivity index (χ0v) is 22.1. The number of carbonyl (C=O) groups excluding carboxylic acids is 1. The highest BCUT2D eigenvalue weighted by molar-refractivity contribution is 7.85. The van der Waals surface area contributed by atoms with Crippen molar-refractivity contribution in [1.29, 1.82) is 0 Å². The molecule has 0 bridgehead atoms. The molecular formula is C26H51NO5S. The third-order valence-corrected chi connectivity index (χ3v) is 6.74. The maximum Gasteiger partial charge on any atom is 0.267 e. The highest BCUT2D eigenvalue weighted by Crippen LogP contribution is 2.12. The van der Waals surface area contributed by atoms with E-state index in [-0.39, 0.29) is 5.91 Å². The number of hydrogen-bond donors (Lipinski definition) is 3. The first-order chi connectivity index (χ1) is 15.8. The monoisotopic (exact) mass is 489 g/mol. The lowest BCUT2D eigenvalue weighted by Crippen LogP contribution is -2.46. The van der Waals surface area contributed by atoms with Crippen LogP contribution in [-0.4, -0.2) is 41.9 Å². The van der Waals surface area contributed by atoms with Crippen LogP contribution >= 0.6 is 0 Å². The number of unbranched alkanes of at least 4 members (excludes halogenated alkanes) is 15. The summed E-state index contributed by atoms with van der Waals surface area (Å²) in [4.78, 5) is 12.3. The summed E-state index contributed by atoms with van der Waals surface area (Å²) in [5.74, 6) is -0.981. The minimum absolute atomic E-state index is 0.286. The molecule has 3 N–H and O–H groups in total. The van der Waals surface area contributed by atoms with Gasteiger partial charge in [0.2, 0.25) is 5.91 Å². The lowest BCUT2D eigenvalue weighted by Gasteiger charge is -2.21. The molecule has 0 aromatic rings. The van der Waals surface area contributed by atoms with Crippen molar-refractivity contribution >= 4 is 16.0 Å². The van der Waals surface area contributed by atoms with Crippen LogP contribution in [0.25, 0.3) is 0 Å². The molecule has 0 aliphatic carbocycles. The van der Waals surface area contributed by atoms with Crippen molar-refractivity contribution in [1.82, 2.24) is 5.32 Å². The molecule has 1 amide bonds. The average Bonchev–Trinajstić information content (AvgIpc) is 2.75. The van der Waals surface area contributed by atoms with Gasteiger partial charge < -0.3 is 10.4 Å². The van der Waals surface area contributed by atoms with E-state index in [1.165, 1.54) is 76.7 Å². The number of carbonyl (C=O) groups is 1. The van der Waals surface area contributed by atoms with Gasteiger partial charge in [0.15, 0.2) is 0 Å². The number of hydrogen-bond acceptors (Lipinski definition) is 4. The van der Waals surface area contributed by atoms with Gasteiger partial charge in [0, 0.05) is 6.42 Å². The van der Waals surface area contributed by atoms with Crippen molar-refractivity contribution in [3.63, 3.8) is 0 Å². The Bertz CT molecular complexity index is 591. The van der Waals surface area contributed by atoms with Crippen LogP contribution < -0.4 is 5.32 Å². The second-order valence-electron chi connectivity index (χ2n) is 9.33. The van der Waals surface area contributed by atoms with E-state index >= 15 is 0 Å². The first kappa shape index (κ1) is 32.1. The van der Waals surface area contributed by atoms with Gasteiger partial charge in [-0.2, -0.15) is 8.42 Å². The van der Waals surface area contributed by atoms with E-state index in [2.05, 4.69) is 19.2 Å². The van der Waals surface area contributed by atoms with Gasteiger partial charge in [0.25, 0.3) is 10.1 Å². The number of allylic oxidation sites excluding steroid dienone is 1. The van der Waals surface area contributed by atoms with Crippen molar-refractivity contribution in [2.45, 2.75) is 142 Å². The first-order valence-electron chi connectivity index (χ1n) is 13.4. The van der Waals surface area contributed by atoms with Crippen molar-refractivity contribution < 1.29 is 22.9 Å². The van der Waals surface area contributed by atoms with Crippen LogP contribution in [0.1, 0.15) is 129 Å². The number of amides is 1. The second-order valence-corrected chi connectivity index (χ2v) is 10.8. The van der Waals surface area contributed by atoms with Gasteiger partial charge >= 0.3 is 0 Å². The third-order valence-electron chi connectivity index (χ3n) is 5.96. The molecule has 0 saturated carbocycles. The quantitative estimate of drug-likeness (QED) is 0.0883. The summed E-state index contributed by atoms with van der Waals surface area (Å²) >= 11 is 0. The van der Waals surface area contributed by atoms with Crippen LogP contribution in [0.3, 0.4) is 0 Å². The number of nitrogens with one attached hydrogen (secondary N) is 1. The van der Waals surface area contributed by atoms with E-state index in [9.17, 15) is 22.9 Å². The SMILES string of the molecule is CCCCCCCC/C=C/C(O)C(CS(=O)(=O)O)NC(=O)CCCCCCCCCCCC. The highest BCUT2D eigenvalue weighted by atomic mass is 32.2. The molecule has 0 rings (SSSR count). The lowest BCUT2D eigenvalue weighted by atomic mass is 10.1. The van der Waals surface area contributed by atoms with Gasteiger partial charge in [0.1, 0.15) is 0 Å². The normalized spacial score (nSPS) is 13.9. The topological polar surface area (TPSA) is 104 Å². The zero-order chi connectivity index (χ0) is 24.8. The van der Waals surface area contributed by atoms with Crippen molar-refractivity contribution in [2.75, 3.05) is 5.75 Å². The van der Waals surface area contributed by atoms with Crippen LogP contribution in [0, 0.1) is 0 Å². The van der Waals surface area contributed by atoms with Crippen molar-refractivity contribution in [3.05, 3.63) is 12.2 Å². The van der Waals surface area contributed by atoms with Crippen LogP contribution in [0.4, 0.5) is 0 Å². The molecular weight excluding hydrogens is 438 g/mol. The summed E-state index contributed by atoms with van der Waals surface area (Å²) in [7, 11) is -4.31. The highest BCUT2D eigenvalue weighted by Gasteiger charge is 2.24. The Labute approximate surface area is 203 Å². The summed E-state index contributed by atoms with van der Waals surface area (Å²) in [5, 5.41) is 13.0. The summed E-state index contributed by atoms with van der Waals surface area (Å²) in [6, 6.07) is -1.04. The van der Waals surface area contributed by atoms with Gasteiger partial charge in [-0.15, -0.1) is 0 Å². The number of aliphatic hydroxyl groups excluding tert-OH is 1. The van der Waals surface area contributed by atoms with E-state index in [1.54, 1.807) is 0 Å². The summed E-state index contributed by atoms with van der Waals surface area (Å²) in [6.07, 6.45) is 22.1. The molecule has 2 atom stereocenters. The molecule has 6 nitrogen and oxygen atoms in total. The predicted octanol–water partition coefficient (Wildman–Crippen LogP) is 6.34. The standard InChI is InChI=1S/C26H51NO5S/c1-3-5-7-9-11-13-14-16-18-20-22-26(29)27-24(23-33(30,31)32)25(28)21-19-17-15-12-10-8-6-4-2/h19,21,24-25,28H,3-18,20,22-23H2,1-2H3,(H,27,29)(H,30,31,32)/b21-19+. The second kappa shape index (κ2) is 21.6. The van der Waals surface area contributed by atoms with Crippen molar-refractivity contribution in [2.24, 2.45) is 0 Å². The van der Waals surface area contributed by atoms with Gasteiger partial charge in [-0.25, -0.2) is 0 Å². The molecule has 33 heavy (non-hydrogen) atoms. The fourth-order valence-corrected chi connectivity index (χ4v) is 4.65.